The van der Waals surface area contributed by atoms with Crippen LogP contribution in [-0.4, -0.2) is 51.0 Å². The summed E-state index contributed by atoms with van der Waals surface area (Å²) in [7, 11) is 3.43. The van der Waals surface area contributed by atoms with Crippen molar-refractivity contribution in [1.82, 2.24) is 19.2 Å². The van der Waals surface area contributed by atoms with Crippen LogP contribution in [0.25, 0.3) is 27.6 Å². The lowest BCUT2D eigenvalue weighted by atomic mass is 9.99. The van der Waals surface area contributed by atoms with Crippen molar-refractivity contribution in [3.63, 3.8) is 0 Å². The number of halogens is 3. The predicted molar refractivity (Wildman–Crippen MR) is 123 cm³/mol. The van der Waals surface area contributed by atoms with E-state index in [9.17, 15) is 18.0 Å². The van der Waals surface area contributed by atoms with Gasteiger partial charge in [0.2, 0.25) is 0 Å². The molecule has 1 unspecified atom stereocenters. The number of ether oxygens (including phenoxy) is 1. The fraction of sp³-hybridized carbons (Fsp3) is 0.360. The number of carbonyl (C=O) groups excluding carboxylic acids is 1. The van der Waals surface area contributed by atoms with E-state index in [1.54, 1.807) is 24.9 Å². The Labute approximate surface area is 194 Å². The summed E-state index contributed by atoms with van der Waals surface area (Å²) in [6.45, 7) is 3.18. The van der Waals surface area contributed by atoms with Crippen molar-refractivity contribution < 1.29 is 22.7 Å². The fourth-order valence-corrected chi connectivity index (χ4v) is 5.07. The quantitative estimate of drug-likeness (QED) is 0.413. The first-order chi connectivity index (χ1) is 16.1. The molecule has 3 heterocycles. The van der Waals surface area contributed by atoms with E-state index in [-0.39, 0.29) is 11.4 Å². The zero-order valence-corrected chi connectivity index (χ0v) is 19.2. The van der Waals surface area contributed by atoms with Crippen LogP contribution >= 0.6 is 0 Å². The third kappa shape index (κ3) is 3.55. The largest absolute Gasteiger partial charge is 0.416 e. The van der Waals surface area contributed by atoms with Crippen molar-refractivity contribution in [2.45, 2.75) is 31.5 Å². The molecule has 1 saturated heterocycles. The smallest absolute Gasteiger partial charge is 0.382 e. The topological polar surface area (TPSA) is 52.3 Å². The minimum Gasteiger partial charge on any atom is -0.382 e. The van der Waals surface area contributed by atoms with Gasteiger partial charge < -0.3 is 9.64 Å². The van der Waals surface area contributed by atoms with Gasteiger partial charge >= 0.3 is 6.18 Å². The number of likely N-dealkylation sites (tertiary alicyclic amines) is 1. The molecule has 0 saturated carbocycles. The maximum absolute atomic E-state index is 13.5. The molecule has 0 spiro atoms. The Morgan fingerprint density at radius 2 is 1.88 bits per heavy atom. The number of aromatic nitrogens is 3. The monoisotopic (exact) mass is 470 g/mol. The van der Waals surface area contributed by atoms with Gasteiger partial charge in [0.1, 0.15) is 0 Å². The van der Waals surface area contributed by atoms with Crippen LogP contribution in [0.3, 0.4) is 0 Å². The standard InChI is InChI=1S/C25H25F3N4O2/c1-24(15-34-3)11-4-12-31(24)23(33)16-5-10-21-19(13-16)20-14-30(2)29-22(20)32(21)18-8-6-17(7-9-18)25(26,27)28/h5-10,13-14H,4,11-12,15H2,1-3H3. The summed E-state index contributed by atoms with van der Waals surface area (Å²) in [6.07, 6.45) is -0.742. The molecule has 1 fully saturated rings. The summed E-state index contributed by atoms with van der Waals surface area (Å²) in [5, 5.41) is 6.19. The highest BCUT2D eigenvalue weighted by Gasteiger charge is 2.40. The molecule has 0 bridgehead atoms. The van der Waals surface area contributed by atoms with Crippen molar-refractivity contribution >= 4 is 27.8 Å². The van der Waals surface area contributed by atoms with Crippen LogP contribution in [0.4, 0.5) is 13.2 Å². The van der Waals surface area contributed by atoms with E-state index in [4.69, 9.17) is 4.74 Å². The van der Waals surface area contributed by atoms with Gasteiger partial charge in [0, 0.05) is 48.9 Å². The Morgan fingerprint density at radius 1 is 1.15 bits per heavy atom. The van der Waals surface area contributed by atoms with Crippen molar-refractivity contribution in [2.24, 2.45) is 7.05 Å². The average Bonchev–Trinajstić information content (AvgIpc) is 3.44. The summed E-state index contributed by atoms with van der Waals surface area (Å²) < 4.78 is 48.0. The number of nitrogens with zero attached hydrogens (tertiary/aromatic N) is 4. The number of hydrogen-bond donors (Lipinski definition) is 0. The molecule has 1 aliphatic heterocycles. The first-order valence-corrected chi connectivity index (χ1v) is 11.1. The third-order valence-electron chi connectivity index (χ3n) is 6.70. The molecule has 2 aromatic heterocycles. The minimum atomic E-state index is -4.40. The Morgan fingerprint density at radius 3 is 2.56 bits per heavy atom. The normalized spacial score (nSPS) is 18.9. The number of rotatable bonds is 4. The highest BCUT2D eigenvalue weighted by atomic mass is 19.4. The van der Waals surface area contributed by atoms with Gasteiger partial charge in [0.05, 0.1) is 23.2 Å². The van der Waals surface area contributed by atoms with E-state index in [0.29, 0.717) is 30.0 Å². The molecule has 34 heavy (non-hydrogen) atoms. The van der Waals surface area contributed by atoms with Gasteiger partial charge in [-0.3, -0.25) is 14.0 Å². The molecule has 1 atom stereocenters. The van der Waals surface area contributed by atoms with E-state index in [0.717, 1.165) is 41.3 Å². The molecule has 5 rings (SSSR count). The number of fused-ring (bicyclic) bond motifs is 3. The van der Waals surface area contributed by atoms with Gasteiger partial charge in [-0.05, 0) is 62.2 Å². The third-order valence-corrected chi connectivity index (χ3v) is 6.70. The summed E-state index contributed by atoms with van der Waals surface area (Å²) in [4.78, 5) is 15.3. The second-order valence-electron chi connectivity index (χ2n) is 9.14. The summed E-state index contributed by atoms with van der Waals surface area (Å²) >= 11 is 0. The van der Waals surface area contributed by atoms with Crippen molar-refractivity contribution in [3.05, 3.63) is 59.8 Å². The van der Waals surface area contributed by atoms with Crippen LogP contribution in [0.1, 0.15) is 35.7 Å². The van der Waals surface area contributed by atoms with Crippen LogP contribution in [0.2, 0.25) is 0 Å². The minimum absolute atomic E-state index is 0.0572. The van der Waals surface area contributed by atoms with E-state index < -0.39 is 11.7 Å². The molecular weight excluding hydrogens is 445 g/mol. The maximum atomic E-state index is 13.5. The molecule has 178 valence electrons. The van der Waals surface area contributed by atoms with Gasteiger partial charge in [-0.15, -0.1) is 0 Å². The lowest BCUT2D eigenvalue weighted by Crippen LogP contribution is -2.48. The van der Waals surface area contributed by atoms with Gasteiger partial charge in [0.25, 0.3) is 5.91 Å². The highest BCUT2D eigenvalue weighted by Crippen LogP contribution is 2.36. The Bertz CT molecular complexity index is 1390. The number of amides is 1. The number of hydrogen-bond acceptors (Lipinski definition) is 3. The summed E-state index contributed by atoms with van der Waals surface area (Å²) in [5.41, 5.74) is 1.46. The fourth-order valence-electron chi connectivity index (χ4n) is 5.07. The van der Waals surface area contributed by atoms with Crippen molar-refractivity contribution in [1.29, 1.82) is 0 Å². The Kier molecular flexibility index (Phi) is 5.20. The first kappa shape index (κ1) is 22.5. The highest BCUT2D eigenvalue weighted by molar-refractivity contribution is 6.10. The molecule has 0 radical (unpaired) electrons. The van der Waals surface area contributed by atoms with Crippen LogP contribution in [0, 0.1) is 0 Å². The summed E-state index contributed by atoms with van der Waals surface area (Å²) in [5.74, 6) is -0.0572. The Balaban J connectivity index is 1.62. The van der Waals surface area contributed by atoms with E-state index in [2.05, 4.69) is 5.10 Å². The zero-order chi connectivity index (χ0) is 24.3. The van der Waals surface area contributed by atoms with Gasteiger partial charge in [-0.2, -0.15) is 18.3 Å². The van der Waals surface area contributed by atoms with Gasteiger partial charge in [-0.25, -0.2) is 0 Å². The van der Waals surface area contributed by atoms with Crippen LogP contribution in [0.15, 0.2) is 48.7 Å². The summed E-state index contributed by atoms with van der Waals surface area (Å²) in [6, 6.07) is 10.5. The molecular formula is C25H25F3N4O2. The SMILES string of the molecule is COCC1(C)CCCN1C(=O)c1ccc2c(c1)c1cn(C)nc1n2-c1ccc(C(F)(F)F)cc1. The predicted octanol–water partition coefficient (Wildman–Crippen LogP) is 5.18. The molecule has 1 amide bonds. The lowest BCUT2D eigenvalue weighted by molar-refractivity contribution is -0.137. The van der Waals surface area contributed by atoms with Crippen LogP contribution in [0.5, 0.6) is 0 Å². The molecule has 4 aromatic rings. The van der Waals surface area contributed by atoms with Crippen LogP contribution in [-0.2, 0) is 18.0 Å². The van der Waals surface area contributed by atoms with Gasteiger partial charge in [-0.1, -0.05) is 0 Å². The molecule has 0 aliphatic carbocycles. The Hall–Kier alpha value is -3.33. The van der Waals surface area contributed by atoms with E-state index >= 15 is 0 Å². The van der Waals surface area contributed by atoms with Crippen LogP contribution < -0.4 is 0 Å². The lowest BCUT2D eigenvalue weighted by Gasteiger charge is -2.34. The number of methoxy groups -OCH3 is 1. The van der Waals surface area contributed by atoms with Gasteiger partial charge in [0.15, 0.2) is 5.65 Å². The number of benzene rings is 2. The number of aryl methyl sites for hydroxylation is 1. The second-order valence-corrected chi connectivity index (χ2v) is 9.14. The number of carbonyl (C=O) groups is 1. The number of alkyl halides is 3. The molecule has 2 aromatic carbocycles. The average molecular weight is 470 g/mol. The maximum Gasteiger partial charge on any atom is 0.416 e. The molecule has 6 nitrogen and oxygen atoms in total. The second kappa shape index (κ2) is 7.87. The van der Waals surface area contributed by atoms with Crippen molar-refractivity contribution in [2.75, 3.05) is 20.3 Å². The van der Waals surface area contributed by atoms with Crippen molar-refractivity contribution in [3.8, 4) is 5.69 Å². The zero-order valence-electron chi connectivity index (χ0n) is 19.2. The molecule has 9 heteroatoms. The van der Waals surface area contributed by atoms with E-state index in [1.807, 2.05) is 34.7 Å². The molecule has 1 aliphatic rings. The molecule has 0 N–H and O–H groups in total. The van der Waals surface area contributed by atoms with E-state index in [1.165, 1.54) is 12.1 Å². The first-order valence-electron chi connectivity index (χ1n) is 11.1.